The van der Waals surface area contributed by atoms with Crippen LogP contribution in [0.25, 0.3) is 0 Å². The van der Waals surface area contributed by atoms with Gasteiger partial charge < -0.3 is 10.2 Å². The third-order valence-electron chi connectivity index (χ3n) is 2.98. The van der Waals surface area contributed by atoms with Crippen molar-refractivity contribution in [3.05, 3.63) is 46.7 Å². The van der Waals surface area contributed by atoms with Gasteiger partial charge in [-0.15, -0.1) is 17.8 Å². The van der Waals surface area contributed by atoms with E-state index in [0.29, 0.717) is 16.4 Å². The van der Waals surface area contributed by atoms with E-state index in [1.807, 2.05) is 5.92 Å². The lowest BCUT2D eigenvalue weighted by Gasteiger charge is -2.11. The summed E-state index contributed by atoms with van der Waals surface area (Å²) < 4.78 is 13.1. The maximum absolute atomic E-state index is 13.1. The molecule has 2 aromatic rings. The lowest BCUT2D eigenvalue weighted by molar-refractivity contribution is -0.124. The van der Waals surface area contributed by atoms with Gasteiger partial charge in [-0.3, -0.25) is 10.1 Å². The molecule has 0 aliphatic carbocycles. The van der Waals surface area contributed by atoms with Gasteiger partial charge in [-0.25, -0.2) is 14.2 Å². The number of anilines is 1. The van der Waals surface area contributed by atoms with Crippen molar-refractivity contribution < 1.29 is 14.0 Å². The monoisotopic (exact) mass is 346 g/mol. The fraction of sp³-hybridized carbons (Fsp3) is 0.188. The molecule has 24 heavy (non-hydrogen) atoms. The van der Waals surface area contributed by atoms with Gasteiger partial charge in [0.25, 0.3) is 5.91 Å². The number of carbonyl (C=O) groups excluding carboxylic acids is 2. The van der Waals surface area contributed by atoms with E-state index in [2.05, 4.69) is 15.6 Å². The first-order valence-electron chi connectivity index (χ1n) is 6.93. The second kappa shape index (κ2) is 8.08. The molecule has 2 rings (SSSR count). The van der Waals surface area contributed by atoms with E-state index in [1.54, 1.807) is 24.6 Å². The van der Waals surface area contributed by atoms with Crippen molar-refractivity contribution in [3.63, 3.8) is 0 Å². The minimum absolute atomic E-state index is 0.196. The number of urea groups is 1. The Morgan fingerprint density at radius 3 is 2.96 bits per heavy atom. The van der Waals surface area contributed by atoms with Crippen molar-refractivity contribution in [1.82, 2.24) is 15.2 Å². The zero-order valence-electron chi connectivity index (χ0n) is 12.9. The quantitative estimate of drug-likeness (QED) is 0.815. The number of hydrogen-bond donors (Lipinski definition) is 2. The maximum Gasteiger partial charge on any atom is 0.321 e. The molecule has 0 radical (unpaired) electrons. The fourth-order valence-electron chi connectivity index (χ4n) is 1.83. The van der Waals surface area contributed by atoms with Crippen LogP contribution in [0.15, 0.2) is 29.6 Å². The standard InChI is InChI=1S/C16H15FN4O2S/c1-3-14(22)21(2)9-13-10-24-16(19-13)20-15(23)18-8-11-5-4-6-12(17)7-11/h1,4-7,10H,8-9H2,2H3,(H2,18,19,20,23). The predicted octanol–water partition coefficient (Wildman–Crippen LogP) is 2.20. The maximum atomic E-state index is 13.1. The van der Waals surface area contributed by atoms with Crippen molar-refractivity contribution >= 4 is 28.4 Å². The van der Waals surface area contributed by atoms with Crippen LogP contribution in [0.4, 0.5) is 14.3 Å². The minimum atomic E-state index is -0.451. The van der Waals surface area contributed by atoms with Crippen molar-refractivity contribution in [3.8, 4) is 12.3 Å². The predicted molar refractivity (Wildman–Crippen MR) is 89.7 cm³/mol. The number of nitrogens with zero attached hydrogens (tertiary/aromatic N) is 2. The highest BCUT2D eigenvalue weighted by Crippen LogP contribution is 2.16. The summed E-state index contributed by atoms with van der Waals surface area (Å²) in [7, 11) is 1.57. The highest BCUT2D eigenvalue weighted by Gasteiger charge is 2.10. The van der Waals surface area contributed by atoms with Crippen LogP contribution in [0.1, 0.15) is 11.3 Å². The van der Waals surface area contributed by atoms with Crippen LogP contribution in [-0.2, 0) is 17.9 Å². The van der Waals surface area contributed by atoms with E-state index in [1.165, 1.54) is 28.4 Å². The third kappa shape index (κ3) is 5.07. The number of aromatic nitrogens is 1. The first-order valence-corrected chi connectivity index (χ1v) is 7.81. The highest BCUT2D eigenvalue weighted by atomic mass is 32.1. The Morgan fingerprint density at radius 1 is 1.46 bits per heavy atom. The van der Waals surface area contributed by atoms with Crippen LogP contribution in [0.5, 0.6) is 0 Å². The number of benzene rings is 1. The first-order chi connectivity index (χ1) is 11.5. The summed E-state index contributed by atoms with van der Waals surface area (Å²) in [6.07, 6.45) is 5.04. The highest BCUT2D eigenvalue weighted by molar-refractivity contribution is 7.13. The molecular weight excluding hydrogens is 331 g/mol. The molecule has 0 aliphatic rings. The number of halogens is 1. The van der Waals surface area contributed by atoms with Gasteiger partial charge in [0, 0.05) is 19.0 Å². The molecule has 0 atom stereocenters. The fourth-order valence-corrected chi connectivity index (χ4v) is 2.53. The number of hydrogen-bond acceptors (Lipinski definition) is 4. The van der Waals surface area contributed by atoms with Crippen LogP contribution in [-0.4, -0.2) is 28.9 Å². The molecule has 0 saturated carbocycles. The topological polar surface area (TPSA) is 74.3 Å². The van der Waals surface area contributed by atoms with Crippen LogP contribution in [0, 0.1) is 18.2 Å². The van der Waals surface area contributed by atoms with Crippen LogP contribution in [0.3, 0.4) is 0 Å². The van der Waals surface area contributed by atoms with Crippen LogP contribution in [0.2, 0.25) is 0 Å². The second-order valence-corrected chi connectivity index (χ2v) is 5.75. The van der Waals surface area contributed by atoms with Gasteiger partial charge in [0.05, 0.1) is 12.2 Å². The summed E-state index contributed by atoms with van der Waals surface area (Å²) in [4.78, 5) is 28.7. The molecular formula is C16H15FN4O2S. The Morgan fingerprint density at radius 2 is 2.25 bits per heavy atom. The van der Waals surface area contributed by atoms with Gasteiger partial charge in [0.15, 0.2) is 5.13 Å². The van der Waals surface area contributed by atoms with Gasteiger partial charge in [0.2, 0.25) is 0 Å². The summed E-state index contributed by atoms with van der Waals surface area (Å²) >= 11 is 1.23. The zero-order valence-corrected chi connectivity index (χ0v) is 13.7. The Labute approximate surface area is 142 Å². The van der Waals surface area contributed by atoms with Crippen molar-refractivity contribution in [2.75, 3.05) is 12.4 Å². The van der Waals surface area contributed by atoms with E-state index in [9.17, 15) is 14.0 Å². The average molecular weight is 346 g/mol. The SMILES string of the molecule is C#CC(=O)N(C)Cc1csc(NC(=O)NCc2cccc(F)c2)n1. The lowest BCUT2D eigenvalue weighted by Crippen LogP contribution is -2.28. The number of thiazole rings is 1. The molecule has 1 aromatic heterocycles. The Balaban J connectivity index is 1.84. The van der Waals surface area contributed by atoms with Gasteiger partial charge in [0.1, 0.15) is 5.82 Å². The number of carbonyl (C=O) groups is 2. The number of amides is 3. The van der Waals surface area contributed by atoms with Gasteiger partial charge in [-0.2, -0.15) is 0 Å². The Bertz CT molecular complexity index is 784. The van der Waals surface area contributed by atoms with Crippen molar-refractivity contribution in [1.29, 1.82) is 0 Å². The zero-order chi connectivity index (χ0) is 17.5. The molecule has 0 saturated heterocycles. The molecule has 2 N–H and O–H groups in total. The van der Waals surface area contributed by atoms with Crippen LogP contribution >= 0.6 is 11.3 Å². The number of nitrogens with one attached hydrogen (secondary N) is 2. The molecule has 1 aromatic carbocycles. The van der Waals surface area contributed by atoms with E-state index in [-0.39, 0.29) is 18.9 Å². The first kappa shape index (κ1) is 17.4. The second-order valence-electron chi connectivity index (χ2n) is 4.89. The van der Waals surface area contributed by atoms with Gasteiger partial charge >= 0.3 is 6.03 Å². The third-order valence-corrected chi connectivity index (χ3v) is 3.79. The Hall–Kier alpha value is -2.92. The van der Waals surface area contributed by atoms with Gasteiger partial charge in [-0.1, -0.05) is 12.1 Å². The number of rotatable bonds is 5. The van der Waals surface area contributed by atoms with E-state index >= 15 is 0 Å². The average Bonchev–Trinajstić information content (AvgIpc) is 2.99. The molecule has 0 spiro atoms. The lowest BCUT2D eigenvalue weighted by atomic mass is 10.2. The summed E-state index contributed by atoms with van der Waals surface area (Å²) in [6, 6.07) is 5.52. The van der Waals surface area contributed by atoms with Crippen molar-refractivity contribution in [2.24, 2.45) is 0 Å². The summed E-state index contributed by atoms with van der Waals surface area (Å²) in [5, 5.41) is 7.31. The van der Waals surface area contributed by atoms with Gasteiger partial charge in [-0.05, 0) is 23.6 Å². The van der Waals surface area contributed by atoms with Crippen molar-refractivity contribution in [2.45, 2.75) is 13.1 Å². The number of terminal acetylenes is 1. The largest absolute Gasteiger partial charge is 0.334 e. The minimum Gasteiger partial charge on any atom is -0.334 e. The molecule has 0 fully saturated rings. The van der Waals surface area contributed by atoms with E-state index < -0.39 is 11.9 Å². The molecule has 3 amide bonds. The molecule has 8 heteroatoms. The van der Waals surface area contributed by atoms with Crippen LogP contribution < -0.4 is 10.6 Å². The molecule has 0 bridgehead atoms. The normalized spacial score (nSPS) is 9.88. The molecule has 1 heterocycles. The molecule has 124 valence electrons. The van der Waals surface area contributed by atoms with E-state index in [0.717, 1.165) is 0 Å². The molecule has 6 nitrogen and oxygen atoms in total. The van der Waals surface area contributed by atoms with E-state index in [4.69, 9.17) is 6.42 Å². The molecule has 0 aliphatic heterocycles. The Kier molecular flexibility index (Phi) is 5.87. The summed E-state index contributed by atoms with van der Waals surface area (Å²) in [5.74, 6) is 1.22. The smallest absolute Gasteiger partial charge is 0.321 e. The summed E-state index contributed by atoms with van der Waals surface area (Å²) in [6.45, 7) is 0.452. The molecule has 0 unspecified atom stereocenters. The summed E-state index contributed by atoms with van der Waals surface area (Å²) in [5.41, 5.74) is 1.27.